The SMILES string of the molecule is Cc1cnc(C[C@H]2CCN(C(C)c3cc4c(cc3F)OCCO4)C2)c(C)n1. The predicted octanol–water partition coefficient (Wildman–Crippen LogP) is 3.63. The number of ether oxygens (including phenoxy) is 2. The van der Waals surface area contributed by atoms with E-state index in [9.17, 15) is 4.39 Å². The summed E-state index contributed by atoms with van der Waals surface area (Å²) in [5.41, 5.74) is 3.71. The summed E-state index contributed by atoms with van der Waals surface area (Å²) >= 11 is 0. The maximum absolute atomic E-state index is 14.6. The second-order valence-electron chi connectivity index (χ2n) is 7.59. The van der Waals surface area contributed by atoms with E-state index in [4.69, 9.17) is 9.47 Å². The van der Waals surface area contributed by atoms with E-state index in [2.05, 4.69) is 21.8 Å². The number of rotatable bonds is 4. The Kier molecular flexibility index (Phi) is 5.00. The van der Waals surface area contributed by atoms with Crippen molar-refractivity contribution < 1.29 is 13.9 Å². The van der Waals surface area contributed by atoms with Crippen molar-refractivity contribution in [1.29, 1.82) is 0 Å². The monoisotopic (exact) mass is 371 g/mol. The Bertz CT molecular complexity index is 842. The predicted molar refractivity (Wildman–Crippen MR) is 101 cm³/mol. The number of aryl methyl sites for hydroxylation is 2. The minimum absolute atomic E-state index is 0.00368. The van der Waals surface area contributed by atoms with Crippen LogP contribution < -0.4 is 9.47 Å². The number of nitrogens with zero attached hydrogens (tertiary/aromatic N) is 3. The summed E-state index contributed by atoms with van der Waals surface area (Å²) in [4.78, 5) is 11.4. The number of hydrogen-bond donors (Lipinski definition) is 0. The highest BCUT2D eigenvalue weighted by molar-refractivity contribution is 5.45. The fraction of sp³-hybridized carbons (Fsp3) is 0.524. The molecule has 0 saturated carbocycles. The summed E-state index contributed by atoms with van der Waals surface area (Å²) in [6, 6.07) is 3.26. The third-order valence-corrected chi connectivity index (χ3v) is 5.63. The summed E-state index contributed by atoms with van der Waals surface area (Å²) in [7, 11) is 0. The van der Waals surface area contributed by atoms with Gasteiger partial charge in [-0.2, -0.15) is 0 Å². The van der Waals surface area contributed by atoms with Gasteiger partial charge in [-0.15, -0.1) is 0 Å². The van der Waals surface area contributed by atoms with E-state index in [1.165, 1.54) is 6.07 Å². The molecule has 0 spiro atoms. The quantitative estimate of drug-likeness (QED) is 0.821. The lowest BCUT2D eigenvalue weighted by Crippen LogP contribution is -2.26. The topological polar surface area (TPSA) is 47.5 Å². The molecule has 0 amide bonds. The number of halogens is 1. The van der Waals surface area contributed by atoms with E-state index in [1.54, 1.807) is 6.07 Å². The zero-order chi connectivity index (χ0) is 19.0. The van der Waals surface area contributed by atoms with E-state index in [1.807, 2.05) is 20.0 Å². The summed E-state index contributed by atoms with van der Waals surface area (Å²) in [6.45, 7) is 8.92. The van der Waals surface area contributed by atoms with Crippen molar-refractivity contribution >= 4 is 0 Å². The fourth-order valence-corrected chi connectivity index (χ4v) is 4.07. The molecule has 2 aliphatic heterocycles. The lowest BCUT2D eigenvalue weighted by atomic mass is 10.0. The molecule has 4 rings (SSSR count). The van der Waals surface area contributed by atoms with Crippen LogP contribution in [0.25, 0.3) is 0 Å². The third kappa shape index (κ3) is 3.76. The van der Waals surface area contributed by atoms with Gasteiger partial charge in [-0.25, -0.2) is 4.39 Å². The van der Waals surface area contributed by atoms with Gasteiger partial charge in [-0.1, -0.05) is 0 Å². The Morgan fingerprint density at radius 2 is 1.96 bits per heavy atom. The van der Waals surface area contributed by atoms with Gasteiger partial charge in [0.05, 0.1) is 17.1 Å². The molecular formula is C21H26FN3O2. The second kappa shape index (κ2) is 7.43. The molecule has 2 aliphatic rings. The van der Waals surface area contributed by atoms with E-state index in [-0.39, 0.29) is 11.9 Å². The van der Waals surface area contributed by atoms with Crippen LogP contribution in [0, 0.1) is 25.6 Å². The number of aromatic nitrogens is 2. The highest BCUT2D eigenvalue weighted by Gasteiger charge is 2.30. The third-order valence-electron chi connectivity index (χ3n) is 5.63. The standard InChI is InChI=1S/C21H26FN3O2/c1-13-11-23-19(14(2)24-13)8-16-4-5-25(12-16)15(3)17-9-20-21(10-18(17)22)27-7-6-26-20/h9-11,15-16H,4-8,12H2,1-3H3/t15?,16-/m1/s1. The zero-order valence-corrected chi connectivity index (χ0v) is 16.2. The van der Waals surface area contributed by atoms with Gasteiger partial charge in [0.1, 0.15) is 19.0 Å². The van der Waals surface area contributed by atoms with Crippen LogP contribution in [0.1, 0.15) is 42.0 Å². The molecular weight excluding hydrogens is 345 g/mol. The van der Waals surface area contributed by atoms with Crippen LogP contribution in [0.5, 0.6) is 11.5 Å². The van der Waals surface area contributed by atoms with Crippen LogP contribution in [0.4, 0.5) is 4.39 Å². The molecule has 3 heterocycles. The van der Waals surface area contributed by atoms with Gasteiger partial charge in [-0.05, 0) is 52.1 Å². The lowest BCUT2D eigenvalue weighted by molar-refractivity contribution is 0.169. The molecule has 2 atom stereocenters. The van der Waals surface area contributed by atoms with Crippen LogP contribution in [-0.4, -0.2) is 41.2 Å². The molecule has 0 N–H and O–H groups in total. The van der Waals surface area contributed by atoms with Crippen LogP contribution in [0.3, 0.4) is 0 Å². The van der Waals surface area contributed by atoms with Crippen molar-refractivity contribution in [3.63, 3.8) is 0 Å². The van der Waals surface area contributed by atoms with Gasteiger partial charge in [0.25, 0.3) is 0 Å². The van der Waals surface area contributed by atoms with Gasteiger partial charge < -0.3 is 9.47 Å². The molecule has 0 aliphatic carbocycles. The number of hydrogen-bond acceptors (Lipinski definition) is 5. The zero-order valence-electron chi connectivity index (χ0n) is 16.2. The first-order valence-corrected chi connectivity index (χ1v) is 9.63. The van der Waals surface area contributed by atoms with Gasteiger partial charge in [0.15, 0.2) is 11.5 Å². The first-order chi connectivity index (χ1) is 13.0. The minimum Gasteiger partial charge on any atom is -0.486 e. The summed E-state index contributed by atoms with van der Waals surface area (Å²) in [5.74, 6) is 1.44. The van der Waals surface area contributed by atoms with E-state index < -0.39 is 0 Å². The first-order valence-electron chi connectivity index (χ1n) is 9.63. The molecule has 1 saturated heterocycles. The van der Waals surface area contributed by atoms with Crippen molar-refractivity contribution in [3.8, 4) is 11.5 Å². The summed E-state index contributed by atoms with van der Waals surface area (Å²) < 4.78 is 25.7. The summed E-state index contributed by atoms with van der Waals surface area (Å²) in [6.07, 6.45) is 3.85. The highest BCUT2D eigenvalue weighted by atomic mass is 19.1. The van der Waals surface area contributed by atoms with Gasteiger partial charge in [0.2, 0.25) is 0 Å². The van der Waals surface area contributed by atoms with E-state index in [0.717, 1.165) is 43.0 Å². The molecule has 6 heteroatoms. The highest BCUT2D eigenvalue weighted by Crippen LogP contribution is 2.37. The van der Waals surface area contributed by atoms with Crippen LogP contribution >= 0.6 is 0 Å². The molecule has 0 radical (unpaired) electrons. The maximum atomic E-state index is 14.6. The molecule has 1 aromatic carbocycles. The Balaban J connectivity index is 1.45. The Morgan fingerprint density at radius 1 is 1.22 bits per heavy atom. The second-order valence-corrected chi connectivity index (χ2v) is 7.59. The van der Waals surface area contributed by atoms with Crippen molar-refractivity contribution in [2.24, 2.45) is 5.92 Å². The molecule has 27 heavy (non-hydrogen) atoms. The number of likely N-dealkylation sites (tertiary alicyclic amines) is 1. The first kappa shape index (κ1) is 18.2. The van der Waals surface area contributed by atoms with E-state index in [0.29, 0.717) is 36.2 Å². The normalized spacial score (nSPS) is 20.7. The van der Waals surface area contributed by atoms with Crippen molar-refractivity contribution in [2.75, 3.05) is 26.3 Å². The van der Waals surface area contributed by atoms with Gasteiger partial charge in [0, 0.05) is 30.4 Å². The molecule has 1 unspecified atom stereocenters. The Morgan fingerprint density at radius 3 is 2.70 bits per heavy atom. The molecule has 1 aromatic heterocycles. The number of benzene rings is 1. The largest absolute Gasteiger partial charge is 0.486 e. The van der Waals surface area contributed by atoms with Crippen molar-refractivity contribution in [3.05, 3.63) is 46.8 Å². The van der Waals surface area contributed by atoms with Gasteiger partial charge in [-0.3, -0.25) is 14.9 Å². The fourth-order valence-electron chi connectivity index (χ4n) is 4.07. The van der Waals surface area contributed by atoms with Crippen molar-refractivity contribution in [1.82, 2.24) is 14.9 Å². The Hall–Kier alpha value is -2.21. The van der Waals surface area contributed by atoms with E-state index >= 15 is 0 Å². The summed E-state index contributed by atoms with van der Waals surface area (Å²) in [5, 5.41) is 0. The molecule has 0 bridgehead atoms. The average molecular weight is 371 g/mol. The smallest absolute Gasteiger partial charge is 0.164 e. The van der Waals surface area contributed by atoms with Crippen LogP contribution in [0.15, 0.2) is 18.3 Å². The van der Waals surface area contributed by atoms with Crippen LogP contribution in [-0.2, 0) is 6.42 Å². The molecule has 5 nitrogen and oxygen atoms in total. The lowest BCUT2D eigenvalue weighted by Gasteiger charge is -2.27. The average Bonchev–Trinajstić information content (AvgIpc) is 3.11. The molecule has 144 valence electrons. The maximum Gasteiger partial charge on any atom is 0.164 e. The Labute approximate surface area is 159 Å². The molecule has 1 fully saturated rings. The molecule has 2 aromatic rings. The number of fused-ring (bicyclic) bond motifs is 1. The van der Waals surface area contributed by atoms with Gasteiger partial charge >= 0.3 is 0 Å². The van der Waals surface area contributed by atoms with Crippen molar-refractivity contribution in [2.45, 2.75) is 39.7 Å². The minimum atomic E-state index is -0.226. The van der Waals surface area contributed by atoms with Crippen LogP contribution in [0.2, 0.25) is 0 Å².